The molecule has 3 aromatic rings. The third kappa shape index (κ3) is 2.14. The first-order valence-corrected chi connectivity index (χ1v) is 6.92. The average molecular weight is 287 g/mol. The van der Waals surface area contributed by atoms with E-state index in [4.69, 9.17) is 10.5 Å². The van der Waals surface area contributed by atoms with Crippen molar-refractivity contribution in [1.29, 1.82) is 0 Å². The van der Waals surface area contributed by atoms with E-state index in [-0.39, 0.29) is 5.56 Å². The molecule has 2 N–H and O–H groups in total. The van der Waals surface area contributed by atoms with Crippen LogP contribution in [-0.2, 0) is 6.54 Å². The van der Waals surface area contributed by atoms with E-state index in [1.54, 1.807) is 36.2 Å². The Kier molecular flexibility index (Phi) is 3.15. The third-order valence-electron chi connectivity index (χ3n) is 3.10. The van der Waals surface area contributed by atoms with Gasteiger partial charge in [-0.3, -0.25) is 9.36 Å². The first kappa shape index (κ1) is 12.7. The Hall–Kier alpha value is -2.34. The van der Waals surface area contributed by atoms with Gasteiger partial charge < -0.3 is 10.5 Å². The summed E-state index contributed by atoms with van der Waals surface area (Å²) in [6.07, 6.45) is 1.57. The lowest BCUT2D eigenvalue weighted by molar-refractivity contribution is 0.408. The maximum Gasteiger partial charge on any atom is 0.262 e. The quantitative estimate of drug-likeness (QED) is 0.749. The van der Waals surface area contributed by atoms with Crippen molar-refractivity contribution >= 4 is 27.2 Å². The monoisotopic (exact) mass is 287 g/mol. The van der Waals surface area contributed by atoms with Crippen LogP contribution in [-0.4, -0.2) is 16.7 Å². The number of ether oxygens (including phenoxy) is 1. The molecule has 0 radical (unpaired) electrons. The molecule has 0 unspecified atom stereocenters. The van der Waals surface area contributed by atoms with Crippen LogP contribution in [0.2, 0.25) is 0 Å². The summed E-state index contributed by atoms with van der Waals surface area (Å²) in [6, 6.07) is 7.20. The molecule has 0 saturated heterocycles. The molecule has 3 rings (SSSR count). The fraction of sp³-hybridized carbons (Fsp3) is 0.143. The molecule has 0 amide bonds. The summed E-state index contributed by atoms with van der Waals surface area (Å²) in [5.41, 5.74) is 7.20. The van der Waals surface area contributed by atoms with Crippen LogP contribution in [0.3, 0.4) is 0 Å². The molecule has 2 aromatic heterocycles. The van der Waals surface area contributed by atoms with Gasteiger partial charge >= 0.3 is 0 Å². The first-order valence-electron chi connectivity index (χ1n) is 6.04. The van der Waals surface area contributed by atoms with Gasteiger partial charge in [0, 0.05) is 17.3 Å². The molecule has 0 spiro atoms. The van der Waals surface area contributed by atoms with Crippen molar-refractivity contribution in [3.8, 4) is 5.75 Å². The summed E-state index contributed by atoms with van der Waals surface area (Å²) in [6.45, 7) is 0.404. The third-order valence-corrected chi connectivity index (χ3v) is 3.92. The van der Waals surface area contributed by atoms with E-state index in [1.165, 1.54) is 11.3 Å². The average Bonchev–Trinajstić information content (AvgIpc) is 2.93. The van der Waals surface area contributed by atoms with Crippen LogP contribution in [0.25, 0.3) is 10.2 Å². The van der Waals surface area contributed by atoms with E-state index in [2.05, 4.69) is 4.98 Å². The van der Waals surface area contributed by atoms with Crippen molar-refractivity contribution in [3.63, 3.8) is 0 Å². The van der Waals surface area contributed by atoms with E-state index < -0.39 is 0 Å². The summed E-state index contributed by atoms with van der Waals surface area (Å²) in [5.74, 6) is 0.669. The summed E-state index contributed by atoms with van der Waals surface area (Å²) >= 11 is 1.46. The number of hydrogen-bond acceptors (Lipinski definition) is 5. The molecule has 5 nitrogen and oxygen atoms in total. The number of nitrogens with two attached hydrogens (primary N) is 1. The van der Waals surface area contributed by atoms with Gasteiger partial charge in [-0.1, -0.05) is 6.07 Å². The molecular weight excluding hydrogens is 274 g/mol. The van der Waals surface area contributed by atoms with Gasteiger partial charge in [0.25, 0.3) is 5.56 Å². The number of methoxy groups -OCH3 is 1. The van der Waals surface area contributed by atoms with Crippen molar-refractivity contribution in [3.05, 3.63) is 51.9 Å². The highest BCUT2D eigenvalue weighted by Gasteiger charge is 2.08. The lowest BCUT2D eigenvalue weighted by Crippen LogP contribution is -2.20. The topological polar surface area (TPSA) is 70.1 Å². The Morgan fingerprint density at radius 2 is 2.25 bits per heavy atom. The van der Waals surface area contributed by atoms with Crippen LogP contribution in [0, 0.1) is 0 Å². The van der Waals surface area contributed by atoms with Crippen molar-refractivity contribution < 1.29 is 4.74 Å². The Bertz CT molecular complexity index is 823. The molecule has 102 valence electrons. The van der Waals surface area contributed by atoms with Crippen LogP contribution >= 0.6 is 11.3 Å². The largest absolute Gasteiger partial charge is 0.496 e. The molecule has 0 aliphatic rings. The number of fused-ring (bicyclic) bond motifs is 1. The van der Waals surface area contributed by atoms with E-state index in [9.17, 15) is 4.79 Å². The van der Waals surface area contributed by atoms with E-state index >= 15 is 0 Å². The molecule has 0 saturated carbocycles. The standard InChI is InChI=1S/C14H13N3O2S/c1-19-12-6-10(15)3-2-9(12)7-17-8-16-13-11(14(17)18)4-5-20-13/h2-6,8H,7,15H2,1H3. The lowest BCUT2D eigenvalue weighted by atomic mass is 10.2. The zero-order valence-electron chi connectivity index (χ0n) is 10.9. The van der Waals surface area contributed by atoms with Gasteiger partial charge in [0.15, 0.2) is 0 Å². The van der Waals surface area contributed by atoms with Crippen LogP contribution < -0.4 is 16.0 Å². The molecule has 0 atom stereocenters. The number of anilines is 1. The Balaban J connectivity index is 2.05. The van der Waals surface area contributed by atoms with Crippen LogP contribution in [0.5, 0.6) is 5.75 Å². The van der Waals surface area contributed by atoms with Crippen LogP contribution in [0.15, 0.2) is 40.8 Å². The number of hydrogen-bond donors (Lipinski definition) is 1. The molecular formula is C14H13N3O2S. The molecule has 1 aromatic carbocycles. The smallest absolute Gasteiger partial charge is 0.262 e. The predicted octanol–water partition coefficient (Wildman–Crippen LogP) is 2.10. The van der Waals surface area contributed by atoms with Gasteiger partial charge in [-0.2, -0.15) is 0 Å². The number of rotatable bonds is 3. The molecule has 20 heavy (non-hydrogen) atoms. The normalized spacial score (nSPS) is 10.8. The number of aromatic nitrogens is 2. The summed E-state index contributed by atoms with van der Waals surface area (Å²) in [5, 5.41) is 2.51. The summed E-state index contributed by atoms with van der Waals surface area (Å²) < 4.78 is 6.87. The molecule has 0 aliphatic heterocycles. The maximum atomic E-state index is 12.3. The van der Waals surface area contributed by atoms with Crippen LogP contribution in [0.4, 0.5) is 5.69 Å². The maximum absolute atomic E-state index is 12.3. The number of nitrogen functional groups attached to an aromatic ring is 1. The minimum Gasteiger partial charge on any atom is -0.496 e. The zero-order chi connectivity index (χ0) is 14.1. The SMILES string of the molecule is COc1cc(N)ccc1Cn1cnc2sccc2c1=O. The lowest BCUT2D eigenvalue weighted by Gasteiger charge is -2.10. The van der Waals surface area contributed by atoms with E-state index in [0.717, 1.165) is 10.4 Å². The van der Waals surface area contributed by atoms with Crippen molar-refractivity contribution in [2.45, 2.75) is 6.54 Å². The first-order chi connectivity index (χ1) is 9.69. The Labute approximate surface area is 119 Å². The molecule has 0 fully saturated rings. The van der Waals surface area contributed by atoms with Gasteiger partial charge in [0.2, 0.25) is 0 Å². The van der Waals surface area contributed by atoms with Crippen LogP contribution in [0.1, 0.15) is 5.56 Å². The van der Waals surface area contributed by atoms with Gasteiger partial charge in [-0.05, 0) is 17.5 Å². The zero-order valence-corrected chi connectivity index (χ0v) is 11.7. The highest BCUT2D eigenvalue weighted by Crippen LogP contribution is 2.22. The molecule has 0 aliphatic carbocycles. The van der Waals surface area contributed by atoms with Gasteiger partial charge in [-0.25, -0.2) is 4.98 Å². The minimum absolute atomic E-state index is 0.0462. The van der Waals surface area contributed by atoms with Crippen molar-refractivity contribution in [2.24, 2.45) is 0 Å². The second kappa shape index (κ2) is 4.97. The highest BCUT2D eigenvalue weighted by atomic mass is 32.1. The molecule has 0 bridgehead atoms. The van der Waals surface area contributed by atoms with E-state index in [0.29, 0.717) is 23.4 Å². The molecule has 2 heterocycles. The number of nitrogens with zero attached hydrogens (tertiary/aromatic N) is 2. The fourth-order valence-corrected chi connectivity index (χ4v) is 2.80. The van der Waals surface area contributed by atoms with Gasteiger partial charge in [0.1, 0.15) is 10.6 Å². The second-order valence-electron chi connectivity index (χ2n) is 4.39. The fourth-order valence-electron chi connectivity index (χ4n) is 2.08. The number of thiophene rings is 1. The van der Waals surface area contributed by atoms with Crippen molar-refractivity contribution in [1.82, 2.24) is 9.55 Å². The minimum atomic E-state index is -0.0462. The highest BCUT2D eigenvalue weighted by molar-refractivity contribution is 7.16. The predicted molar refractivity (Wildman–Crippen MR) is 80.4 cm³/mol. The van der Waals surface area contributed by atoms with Gasteiger partial charge in [-0.15, -0.1) is 11.3 Å². The van der Waals surface area contributed by atoms with E-state index in [1.807, 2.05) is 11.4 Å². The molecule has 6 heteroatoms. The van der Waals surface area contributed by atoms with Gasteiger partial charge in [0.05, 0.1) is 25.4 Å². The van der Waals surface area contributed by atoms with Crippen molar-refractivity contribution in [2.75, 3.05) is 12.8 Å². The number of benzene rings is 1. The Morgan fingerprint density at radius 1 is 1.40 bits per heavy atom. The summed E-state index contributed by atoms with van der Waals surface area (Å²) in [4.78, 5) is 17.4. The Morgan fingerprint density at radius 3 is 3.05 bits per heavy atom. The summed E-state index contributed by atoms with van der Waals surface area (Å²) in [7, 11) is 1.58. The second-order valence-corrected chi connectivity index (χ2v) is 5.28.